The predicted molar refractivity (Wildman–Crippen MR) is 101 cm³/mol. The first-order valence-electron chi connectivity index (χ1n) is 8.54. The molecule has 0 spiro atoms. The van der Waals surface area contributed by atoms with Crippen molar-refractivity contribution in [2.75, 3.05) is 19.5 Å². The van der Waals surface area contributed by atoms with Crippen LogP contribution in [0.15, 0.2) is 52.9 Å². The van der Waals surface area contributed by atoms with Gasteiger partial charge in [0.25, 0.3) is 0 Å². The van der Waals surface area contributed by atoms with Gasteiger partial charge in [-0.1, -0.05) is 6.07 Å². The van der Waals surface area contributed by atoms with Crippen LogP contribution in [0.1, 0.15) is 22.7 Å². The quantitative estimate of drug-likeness (QED) is 0.627. The fourth-order valence-electron chi connectivity index (χ4n) is 2.49. The lowest BCUT2D eigenvalue weighted by molar-refractivity contribution is -0.116. The van der Waals surface area contributed by atoms with Crippen molar-refractivity contribution in [2.24, 2.45) is 0 Å². The Labute approximate surface area is 161 Å². The number of carbonyl (C=O) groups excluding carboxylic acids is 2. The Morgan fingerprint density at radius 1 is 1.07 bits per heavy atom. The summed E-state index contributed by atoms with van der Waals surface area (Å²) in [7, 11) is 2.90. The molecule has 1 aromatic heterocycles. The second-order valence-corrected chi connectivity index (χ2v) is 5.85. The van der Waals surface area contributed by atoms with E-state index in [0.29, 0.717) is 29.5 Å². The molecular formula is C20H19N3O5. The molecule has 1 N–H and O–H groups in total. The molecular weight excluding hydrogens is 362 g/mol. The van der Waals surface area contributed by atoms with Gasteiger partial charge >= 0.3 is 5.97 Å². The number of hydrogen-bond acceptors (Lipinski definition) is 7. The van der Waals surface area contributed by atoms with E-state index in [1.54, 1.807) is 43.5 Å². The normalized spacial score (nSPS) is 10.4. The van der Waals surface area contributed by atoms with Crippen LogP contribution in [0.4, 0.5) is 5.69 Å². The van der Waals surface area contributed by atoms with Gasteiger partial charge in [0.15, 0.2) is 0 Å². The van der Waals surface area contributed by atoms with Gasteiger partial charge in [0.05, 0.1) is 19.8 Å². The summed E-state index contributed by atoms with van der Waals surface area (Å²) in [5.41, 5.74) is 1.64. The smallest absolute Gasteiger partial charge is 0.337 e. The molecule has 144 valence electrons. The number of methoxy groups -OCH3 is 2. The van der Waals surface area contributed by atoms with Crippen molar-refractivity contribution >= 4 is 17.6 Å². The third-order valence-electron chi connectivity index (χ3n) is 3.94. The minimum atomic E-state index is -0.465. The van der Waals surface area contributed by atoms with E-state index in [1.165, 1.54) is 7.11 Å². The molecule has 0 atom stereocenters. The first kappa shape index (κ1) is 19.1. The van der Waals surface area contributed by atoms with Gasteiger partial charge in [0.2, 0.25) is 17.7 Å². The minimum Gasteiger partial charge on any atom is -0.497 e. The van der Waals surface area contributed by atoms with Crippen LogP contribution in [0.2, 0.25) is 0 Å². The van der Waals surface area contributed by atoms with Gasteiger partial charge in [-0.05, 0) is 42.5 Å². The summed E-state index contributed by atoms with van der Waals surface area (Å²) in [5, 5.41) is 10.7. The number of esters is 1. The number of carbonyl (C=O) groups is 2. The fourth-order valence-corrected chi connectivity index (χ4v) is 2.49. The Kier molecular flexibility index (Phi) is 6.01. The number of hydrogen-bond donors (Lipinski definition) is 1. The van der Waals surface area contributed by atoms with Crippen molar-refractivity contribution in [3.8, 4) is 17.2 Å². The number of nitrogens with zero attached hydrogens (tertiary/aromatic N) is 2. The number of anilines is 1. The zero-order valence-electron chi connectivity index (χ0n) is 15.5. The van der Waals surface area contributed by atoms with Crippen LogP contribution in [-0.4, -0.2) is 36.3 Å². The van der Waals surface area contributed by atoms with Crippen molar-refractivity contribution < 1.29 is 23.5 Å². The highest BCUT2D eigenvalue weighted by molar-refractivity contribution is 5.94. The molecule has 3 rings (SSSR count). The Bertz CT molecular complexity index is 966. The molecule has 0 aliphatic rings. The Hall–Kier alpha value is -3.68. The van der Waals surface area contributed by atoms with Crippen molar-refractivity contribution in [3.05, 3.63) is 60.0 Å². The number of benzene rings is 2. The molecule has 8 heteroatoms. The van der Waals surface area contributed by atoms with Gasteiger partial charge in [-0.3, -0.25) is 4.79 Å². The lowest BCUT2D eigenvalue weighted by atomic mass is 10.2. The van der Waals surface area contributed by atoms with Crippen LogP contribution >= 0.6 is 0 Å². The first-order chi connectivity index (χ1) is 13.6. The summed E-state index contributed by atoms with van der Waals surface area (Å²) in [5.74, 6) is 0.781. The van der Waals surface area contributed by atoms with Crippen LogP contribution in [0.25, 0.3) is 11.5 Å². The summed E-state index contributed by atoms with van der Waals surface area (Å²) in [6.07, 6.45) is 0.457. The SMILES string of the molecule is COC(=O)c1cccc(NC(=O)CCc2nnc(-c3ccc(OC)cc3)o2)c1. The maximum absolute atomic E-state index is 12.2. The van der Waals surface area contributed by atoms with E-state index in [0.717, 1.165) is 11.3 Å². The minimum absolute atomic E-state index is 0.159. The van der Waals surface area contributed by atoms with Crippen LogP contribution in [0.3, 0.4) is 0 Å². The highest BCUT2D eigenvalue weighted by Crippen LogP contribution is 2.21. The molecule has 1 amide bonds. The molecule has 0 fully saturated rings. The predicted octanol–water partition coefficient (Wildman–Crippen LogP) is 3.10. The zero-order valence-corrected chi connectivity index (χ0v) is 15.5. The number of ether oxygens (including phenoxy) is 2. The highest BCUT2D eigenvalue weighted by atomic mass is 16.5. The van der Waals surface area contributed by atoms with Gasteiger partial charge < -0.3 is 19.2 Å². The lowest BCUT2D eigenvalue weighted by Crippen LogP contribution is -2.13. The van der Waals surface area contributed by atoms with Crippen LogP contribution in [0.5, 0.6) is 5.75 Å². The van der Waals surface area contributed by atoms with Crippen LogP contribution in [-0.2, 0) is 16.0 Å². The average Bonchev–Trinajstić information content (AvgIpc) is 3.21. The number of nitrogens with one attached hydrogen (secondary N) is 1. The van der Waals surface area contributed by atoms with E-state index < -0.39 is 5.97 Å². The molecule has 3 aromatic rings. The molecule has 0 saturated carbocycles. The topological polar surface area (TPSA) is 104 Å². The van der Waals surface area contributed by atoms with Gasteiger partial charge in [-0.15, -0.1) is 10.2 Å². The van der Waals surface area contributed by atoms with Crippen molar-refractivity contribution in [2.45, 2.75) is 12.8 Å². The third-order valence-corrected chi connectivity index (χ3v) is 3.94. The molecule has 1 heterocycles. The Balaban J connectivity index is 1.56. The van der Waals surface area contributed by atoms with Crippen molar-refractivity contribution in [1.82, 2.24) is 10.2 Å². The monoisotopic (exact) mass is 381 g/mol. The highest BCUT2D eigenvalue weighted by Gasteiger charge is 2.12. The van der Waals surface area contributed by atoms with Crippen molar-refractivity contribution in [1.29, 1.82) is 0 Å². The molecule has 0 saturated heterocycles. The fraction of sp³-hybridized carbons (Fsp3) is 0.200. The number of amides is 1. The van der Waals surface area contributed by atoms with Crippen LogP contribution in [0, 0.1) is 0 Å². The van der Waals surface area contributed by atoms with E-state index in [2.05, 4.69) is 20.3 Å². The number of rotatable bonds is 7. The molecule has 2 aromatic carbocycles. The van der Waals surface area contributed by atoms with Crippen molar-refractivity contribution in [3.63, 3.8) is 0 Å². The Morgan fingerprint density at radius 3 is 2.57 bits per heavy atom. The second-order valence-electron chi connectivity index (χ2n) is 5.85. The molecule has 0 bridgehead atoms. The molecule has 0 radical (unpaired) electrons. The number of aromatic nitrogens is 2. The third kappa shape index (κ3) is 4.73. The molecule has 0 aliphatic heterocycles. The zero-order chi connectivity index (χ0) is 19.9. The molecule has 28 heavy (non-hydrogen) atoms. The second kappa shape index (κ2) is 8.81. The summed E-state index contributed by atoms with van der Waals surface area (Å²) < 4.78 is 15.4. The van der Waals surface area contributed by atoms with Crippen LogP contribution < -0.4 is 10.1 Å². The maximum Gasteiger partial charge on any atom is 0.337 e. The standard InChI is InChI=1S/C20H19N3O5/c1-26-16-8-6-13(7-9-16)19-23-22-18(28-19)11-10-17(24)21-15-5-3-4-14(12-15)20(25)27-2/h3-9,12H,10-11H2,1-2H3,(H,21,24). The first-order valence-corrected chi connectivity index (χ1v) is 8.54. The average molecular weight is 381 g/mol. The van der Waals surface area contributed by atoms with Gasteiger partial charge in [0.1, 0.15) is 5.75 Å². The van der Waals surface area contributed by atoms with E-state index in [1.807, 2.05) is 12.1 Å². The van der Waals surface area contributed by atoms with Gasteiger partial charge in [-0.2, -0.15) is 0 Å². The molecule has 0 unspecified atom stereocenters. The van der Waals surface area contributed by atoms with E-state index in [-0.39, 0.29) is 12.3 Å². The Morgan fingerprint density at radius 2 is 1.86 bits per heavy atom. The summed E-state index contributed by atoms with van der Waals surface area (Å²) in [6, 6.07) is 13.8. The van der Waals surface area contributed by atoms with E-state index >= 15 is 0 Å². The summed E-state index contributed by atoms with van der Waals surface area (Å²) in [4.78, 5) is 23.7. The summed E-state index contributed by atoms with van der Waals surface area (Å²) in [6.45, 7) is 0. The molecule has 8 nitrogen and oxygen atoms in total. The lowest BCUT2D eigenvalue weighted by Gasteiger charge is -2.06. The largest absolute Gasteiger partial charge is 0.497 e. The van der Waals surface area contributed by atoms with Gasteiger partial charge in [-0.25, -0.2) is 4.79 Å². The van der Waals surface area contributed by atoms with Gasteiger partial charge in [0, 0.05) is 24.1 Å². The van der Waals surface area contributed by atoms with E-state index in [9.17, 15) is 9.59 Å². The summed E-state index contributed by atoms with van der Waals surface area (Å²) >= 11 is 0. The number of aryl methyl sites for hydroxylation is 1. The van der Waals surface area contributed by atoms with E-state index in [4.69, 9.17) is 9.15 Å². The molecule has 0 aliphatic carbocycles. The maximum atomic E-state index is 12.2.